The van der Waals surface area contributed by atoms with Gasteiger partial charge in [-0.15, -0.1) is 11.3 Å². The molecule has 0 aliphatic carbocycles. The standard InChI is InChI=1S/C13H23N3S2/c1-11(5-9-17-2)15-12-3-7-16(8-4-12)13-14-6-10-18-13/h6,10-12,15H,3-5,7-9H2,1-2H3. The molecule has 1 aromatic rings. The lowest BCUT2D eigenvalue weighted by Gasteiger charge is -2.33. The maximum absolute atomic E-state index is 4.39. The summed E-state index contributed by atoms with van der Waals surface area (Å²) in [6.07, 6.45) is 7.83. The van der Waals surface area contributed by atoms with Crippen molar-refractivity contribution in [3.8, 4) is 0 Å². The van der Waals surface area contributed by atoms with Gasteiger partial charge in [-0.05, 0) is 38.2 Å². The molecule has 2 heterocycles. The first kappa shape index (κ1) is 14.2. The Labute approximate surface area is 118 Å². The van der Waals surface area contributed by atoms with Gasteiger partial charge in [-0.1, -0.05) is 0 Å². The van der Waals surface area contributed by atoms with Crippen LogP contribution in [-0.2, 0) is 0 Å². The van der Waals surface area contributed by atoms with Gasteiger partial charge in [0.25, 0.3) is 0 Å². The third-order valence-corrected chi connectivity index (χ3v) is 4.94. The summed E-state index contributed by atoms with van der Waals surface area (Å²) in [6, 6.07) is 1.34. The molecule has 1 atom stereocenters. The molecule has 0 amide bonds. The normalized spacial score (nSPS) is 19.1. The van der Waals surface area contributed by atoms with Crippen LogP contribution < -0.4 is 10.2 Å². The van der Waals surface area contributed by atoms with Gasteiger partial charge in [0.2, 0.25) is 0 Å². The SMILES string of the molecule is CSCCC(C)NC1CCN(c2nccs2)CC1. The third kappa shape index (κ3) is 4.14. The van der Waals surface area contributed by atoms with Gasteiger partial charge in [0.15, 0.2) is 5.13 Å². The zero-order valence-electron chi connectivity index (χ0n) is 11.3. The number of hydrogen-bond acceptors (Lipinski definition) is 5. The van der Waals surface area contributed by atoms with Crippen molar-refractivity contribution in [3.05, 3.63) is 11.6 Å². The molecule has 1 fully saturated rings. The summed E-state index contributed by atoms with van der Waals surface area (Å²) in [5.41, 5.74) is 0. The number of rotatable bonds is 6. The first-order valence-corrected chi connectivity index (χ1v) is 8.96. The van der Waals surface area contributed by atoms with Crippen LogP contribution in [0.1, 0.15) is 26.2 Å². The Bertz CT molecular complexity index is 321. The second kappa shape index (κ2) is 7.36. The van der Waals surface area contributed by atoms with E-state index in [1.165, 1.54) is 30.1 Å². The Morgan fingerprint density at radius 3 is 2.94 bits per heavy atom. The molecule has 0 radical (unpaired) electrons. The number of hydrogen-bond donors (Lipinski definition) is 1. The molecule has 3 nitrogen and oxygen atoms in total. The Balaban J connectivity index is 1.70. The second-order valence-corrected chi connectivity index (χ2v) is 6.78. The van der Waals surface area contributed by atoms with Crippen molar-refractivity contribution in [2.24, 2.45) is 0 Å². The number of aromatic nitrogens is 1. The summed E-state index contributed by atoms with van der Waals surface area (Å²) in [5, 5.41) is 7.01. The maximum Gasteiger partial charge on any atom is 0.185 e. The quantitative estimate of drug-likeness (QED) is 0.870. The first-order valence-electron chi connectivity index (χ1n) is 6.69. The number of anilines is 1. The van der Waals surface area contributed by atoms with Crippen LogP contribution in [0, 0.1) is 0 Å². The number of nitrogens with zero attached hydrogens (tertiary/aromatic N) is 2. The van der Waals surface area contributed by atoms with Gasteiger partial charge in [0.05, 0.1) is 0 Å². The van der Waals surface area contributed by atoms with Crippen LogP contribution in [0.5, 0.6) is 0 Å². The van der Waals surface area contributed by atoms with Crippen LogP contribution in [0.2, 0.25) is 0 Å². The molecule has 0 saturated carbocycles. The molecule has 2 rings (SSSR count). The molecule has 102 valence electrons. The minimum Gasteiger partial charge on any atom is -0.348 e. The van der Waals surface area contributed by atoms with Crippen molar-refractivity contribution in [1.29, 1.82) is 0 Å². The monoisotopic (exact) mass is 285 g/mol. The van der Waals surface area contributed by atoms with Gasteiger partial charge in [0.1, 0.15) is 0 Å². The predicted molar refractivity (Wildman–Crippen MR) is 82.9 cm³/mol. The lowest BCUT2D eigenvalue weighted by molar-refractivity contribution is 0.373. The van der Waals surface area contributed by atoms with E-state index in [0.717, 1.165) is 13.1 Å². The van der Waals surface area contributed by atoms with Crippen molar-refractivity contribution in [2.45, 2.75) is 38.3 Å². The van der Waals surface area contributed by atoms with E-state index in [-0.39, 0.29) is 0 Å². The molecular weight excluding hydrogens is 262 g/mol. The number of piperidine rings is 1. The van der Waals surface area contributed by atoms with Crippen LogP contribution >= 0.6 is 23.1 Å². The zero-order chi connectivity index (χ0) is 12.8. The van der Waals surface area contributed by atoms with Gasteiger partial charge in [0, 0.05) is 36.8 Å². The van der Waals surface area contributed by atoms with Crippen LogP contribution in [0.4, 0.5) is 5.13 Å². The van der Waals surface area contributed by atoms with Crippen molar-refractivity contribution < 1.29 is 0 Å². The molecule has 0 aromatic carbocycles. The van der Waals surface area contributed by atoms with Crippen LogP contribution in [-0.4, -0.2) is 42.2 Å². The molecule has 1 aliphatic rings. The van der Waals surface area contributed by atoms with E-state index in [1.807, 2.05) is 18.0 Å². The van der Waals surface area contributed by atoms with Gasteiger partial charge < -0.3 is 10.2 Å². The molecule has 5 heteroatoms. The average molecular weight is 285 g/mol. The molecule has 1 N–H and O–H groups in total. The number of thioether (sulfide) groups is 1. The van der Waals surface area contributed by atoms with Crippen molar-refractivity contribution in [1.82, 2.24) is 10.3 Å². The van der Waals surface area contributed by atoms with E-state index in [4.69, 9.17) is 0 Å². The van der Waals surface area contributed by atoms with E-state index < -0.39 is 0 Å². The highest BCUT2D eigenvalue weighted by Gasteiger charge is 2.21. The summed E-state index contributed by atoms with van der Waals surface area (Å²) in [7, 11) is 0. The molecule has 1 aromatic heterocycles. The molecule has 0 spiro atoms. The van der Waals surface area contributed by atoms with Crippen LogP contribution in [0.25, 0.3) is 0 Å². The van der Waals surface area contributed by atoms with Gasteiger partial charge in [-0.25, -0.2) is 4.98 Å². The van der Waals surface area contributed by atoms with Gasteiger partial charge >= 0.3 is 0 Å². The van der Waals surface area contributed by atoms with E-state index >= 15 is 0 Å². The summed E-state index contributed by atoms with van der Waals surface area (Å²) < 4.78 is 0. The minimum absolute atomic E-state index is 0.647. The fourth-order valence-electron chi connectivity index (χ4n) is 2.39. The second-order valence-electron chi connectivity index (χ2n) is 4.93. The third-order valence-electron chi connectivity index (χ3n) is 3.46. The Morgan fingerprint density at radius 2 is 2.33 bits per heavy atom. The molecular formula is C13H23N3S2. The van der Waals surface area contributed by atoms with E-state index in [2.05, 4.69) is 33.8 Å². The fraction of sp³-hybridized carbons (Fsp3) is 0.769. The summed E-state index contributed by atoms with van der Waals surface area (Å²) in [5.74, 6) is 1.26. The Morgan fingerprint density at radius 1 is 1.56 bits per heavy atom. The van der Waals surface area contributed by atoms with Crippen LogP contribution in [0.3, 0.4) is 0 Å². The number of thiazole rings is 1. The summed E-state index contributed by atoms with van der Waals surface area (Å²) in [6.45, 7) is 4.59. The van der Waals surface area contributed by atoms with Crippen LogP contribution in [0.15, 0.2) is 11.6 Å². The van der Waals surface area contributed by atoms with Crippen molar-refractivity contribution in [2.75, 3.05) is 30.0 Å². The highest BCUT2D eigenvalue weighted by atomic mass is 32.2. The molecule has 1 unspecified atom stereocenters. The minimum atomic E-state index is 0.647. The highest BCUT2D eigenvalue weighted by Crippen LogP contribution is 2.22. The lowest BCUT2D eigenvalue weighted by atomic mass is 10.0. The molecule has 18 heavy (non-hydrogen) atoms. The molecule has 1 saturated heterocycles. The largest absolute Gasteiger partial charge is 0.348 e. The maximum atomic E-state index is 4.39. The number of nitrogens with one attached hydrogen (secondary N) is 1. The molecule has 0 bridgehead atoms. The highest BCUT2D eigenvalue weighted by molar-refractivity contribution is 7.98. The van der Waals surface area contributed by atoms with E-state index in [0.29, 0.717) is 12.1 Å². The summed E-state index contributed by atoms with van der Waals surface area (Å²) in [4.78, 5) is 6.80. The van der Waals surface area contributed by atoms with Crippen molar-refractivity contribution >= 4 is 28.2 Å². The van der Waals surface area contributed by atoms with Gasteiger partial charge in [-0.2, -0.15) is 11.8 Å². The molecule has 1 aliphatic heterocycles. The van der Waals surface area contributed by atoms with E-state index in [1.54, 1.807) is 11.3 Å². The van der Waals surface area contributed by atoms with Crippen molar-refractivity contribution in [3.63, 3.8) is 0 Å². The van der Waals surface area contributed by atoms with E-state index in [9.17, 15) is 0 Å². The predicted octanol–water partition coefficient (Wildman–Crippen LogP) is 2.84. The van der Waals surface area contributed by atoms with Gasteiger partial charge in [-0.3, -0.25) is 0 Å². The topological polar surface area (TPSA) is 28.2 Å². The fourth-order valence-corrected chi connectivity index (χ4v) is 3.68. The lowest BCUT2D eigenvalue weighted by Crippen LogP contribution is -2.45. The summed E-state index contributed by atoms with van der Waals surface area (Å²) >= 11 is 3.68. The Kier molecular flexibility index (Phi) is 5.79. The Hall–Kier alpha value is -0.260. The first-order chi connectivity index (χ1) is 8.79. The average Bonchev–Trinajstić information content (AvgIpc) is 2.91. The smallest absolute Gasteiger partial charge is 0.185 e. The zero-order valence-corrected chi connectivity index (χ0v) is 12.9.